The molecule has 0 aliphatic carbocycles. The van der Waals surface area contributed by atoms with Crippen molar-refractivity contribution in [3.8, 4) is 5.75 Å². The number of ether oxygens (including phenoxy) is 2. The first-order chi connectivity index (χ1) is 12.9. The number of likely N-dealkylation sites (tertiary alicyclic amines) is 2. The van der Waals surface area contributed by atoms with Crippen LogP contribution in [0.4, 0.5) is 0 Å². The molecule has 1 unspecified atom stereocenters. The van der Waals surface area contributed by atoms with Crippen LogP contribution in [0.3, 0.4) is 0 Å². The van der Waals surface area contributed by atoms with E-state index in [0.717, 1.165) is 25.9 Å². The fourth-order valence-electron chi connectivity index (χ4n) is 4.24. The van der Waals surface area contributed by atoms with Gasteiger partial charge >= 0.3 is 0 Å². The average Bonchev–Trinajstić information content (AvgIpc) is 3.00. The lowest BCUT2D eigenvalue weighted by molar-refractivity contribution is -0.136. The number of nitrogens with zero attached hydrogens (tertiary/aromatic N) is 2. The Balaban J connectivity index is 1.54. The Bertz CT molecular complexity index is 671. The number of hydrogen-bond acceptors (Lipinski definition) is 4. The average molecular weight is 395 g/mol. The molecule has 2 fully saturated rings. The number of rotatable bonds is 5. The zero-order valence-electron chi connectivity index (χ0n) is 15.9. The Labute approximate surface area is 165 Å². The third-order valence-electron chi connectivity index (χ3n) is 5.91. The van der Waals surface area contributed by atoms with Gasteiger partial charge < -0.3 is 19.3 Å². The summed E-state index contributed by atoms with van der Waals surface area (Å²) in [6.45, 7) is 5.18. The number of carbonyl (C=O) groups is 2. The Morgan fingerprint density at radius 1 is 1.19 bits per heavy atom. The van der Waals surface area contributed by atoms with Crippen molar-refractivity contribution in [2.45, 2.75) is 19.8 Å². The van der Waals surface area contributed by atoms with Gasteiger partial charge in [-0.05, 0) is 42.5 Å². The van der Waals surface area contributed by atoms with E-state index in [1.165, 1.54) is 0 Å². The molecule has 3 rings (SSSR count). The van der Waals surface area contributed by atoms with Gasteiger partial charge in [0.25, 0.3) is 5.91 Å². The van der Waals surface area contributed by atoms with Gasteiger partial charge in [-0.15, -0.1) is 0 Å². The quantitative estimate of drug-likeness (QED) is 0.769. The maximum absolute atomic E-state index is 12.5. The summed E-state index contributed by atoms with van der Waals surface area (Å²) in [5, 5.41) is 0.636. The summed E-state index contributed by atoms with van der Waals surface area (Å²) in [5.41, 5.74) is 0.0511. The first kappa shape index (κ1) is 20.0. The zero-order chi connectivity index (χ0) is 19.4. The van der Waals surface area contributed by atoms with Crippen LogP contribution >= 0.6 is 11.6 Å². The third-order valence-corrected chi connectivity index (χ3v) is 6.17. The van der Waals surface area contributed by atoms with Crippen molar-refractivity contribution in [1.29, 1.82) is 0 Å². The first-order valence-corrected chi connectivity index (χ1v) is 9.72. The maximum atomic E-state index is 12.5. The second-order valence-corrected chi connectivity index (χ2v) is 7.97. The van der Waals surface area contributed by atoms with E-state index in [2.05, 4.69) is 0 Å². The van der Waals surface area contributed by atoms with Crippen molar-refractivity contribution in [3.63, 3.8) is 0 Å². The number of halogens is 1. The number of piperidine rings is 1. The molecule has 0 aromatic heterocycles. The molecule has 2 saturated heterocycles. The van der Waals surface area contributed by atoms with Gasteiger partial charge in [-0.1, -0.05) is 11.6 Å². The van der Waals surface area contributed by atoms with Gasteiger partial charge in [-0.3, -0.25) is 9.59 Å². The van der Waals surface area contributed by atoms with Crippen molar-refractivity contribution < 1.29 is 19.1 Å². The van der Waals surface area contributed by atoms with E-state index in [1.54, 1.807) is 38.3 Å². The van der Waals surface area contributed by atoms with Crippen LogP contribution in [-0.4, -0.2) is 68.1 Å². The summed E-state index contributed by atoms with van der Waals surface area (Å²) in [4.78, 5) is 28.1. The minimum absolute atomic E-state index is 0.00971. The largest absolute Gasteiger partial charge is 0.484 e. The molecule has 7 heteroatoms. The number of benzene rings is 1. The molecule has 1 aromatic rings. The van der Waals surface area contributed by atoms with Crippen molar-refractivity contribution in [3.05, 3.63) is 29.3 Å². The van der Waals surface area contributed by atoms with E-state index in [1.807, 2.05) is 9.80 Å². The molecule has 1 aromatic carbocycles. The minimum atomic E-state index is -0.00971. The molecule has 0 N–H and O–H groups in total. The second kappa shape index (κ2) is 8.48. The van der Waals surface area contributed by atoms with Gasteiger partial charge in [0.2, 0.25) is 5.91 Å². The molecule has 2 aliphatic rings. The van der Waals surface area contributed by atoms with Crippen LogP contribution in [0.1, 0.15) is 19.8 Å². The molecule has 0 bridgehead atoms. The van der Waals surface area contributed by atoms with Crippen LogP contribution in [0.15, 0.2) is 24.3 Å². The van der Waals surface area contributed by atoms with Crippen LogP contribution < -0.4 is 4.74 Å². The Hall–Kier alpha value is -1.79. The second-order valence-electron chi connectivity index (χ2n) is 7.54. The van der Waals surface area contributed by atoms with E-state index in [4.69, 9.17) is 21.1 Å². The topological polar surface area (TPSA) is 59.1 Å². The predicted octanol–water partition coefficient (Wildman–Crippen LogP) is 2.45. The van der Waals surface area contributed by atoms with Crippen molar-refractivity contribution in [2.24, 2.45) is 11.3 Å². The molecule has 2 aliphatic heterocycles. The van der Waals surface area contributed by atoms with E-state index in [-0.39, 0.29) is 23.8 Å². The van der Waals surface area contributed by atoms with Crippen molar-refractivity contribution >= 4 is 23.4 Å². The highest BCUT2D eigenvalue weighted by Gasteiger charge is 2.49. The van der Waals surface area contributed by atoms with Gasteiger partial charge in [0.05, 0.1) is 6.61 Å². The van der Waals surface area contributed by atoms with Gasteiger partial charge in [-0.2, -0.15) is 0 Å². The molecule has 2 amide bonds. The van der Waals surface area contributed by atoms with Crippen LogP contribution in [0, 0.1) is 11.3 Å². The Morgan fingerprint density at radius 3 is 2.44 bits per heavy atom. The lowest BCUT2D eigenvalue weighted by Crippen LogP contribution is -2.48. The fourth-order valence-corrected chi connectivity index (χ4v) is 4.36. The van der Waals surface area contributed by atoms with Crippen LogP contribution in [0.25, 0.3) is 0 Å². The van der Waals surface area contributed by atoms with E-state index in [0.29, 0.717) is 36.4 Å². The third kappa shape index (κ3) is 4.55. The fraction of sp³-hybridized carbons (Fsp3) is 0.600. The lowest BCUT2D eigenvalue weighted by Gasteiger charge is -2.42. The minimum Gasteiger partial charge on any atom is -0.484 e. The summed E-state index contributed by atoms with van der Waals surface area (Å²) in [6, 6.07) is 6.99. The number of methoxy groups -OCH3 is 1. The van der Waals surface area contributed by atoms with Crippen molar-refractivity contribution in [2.75, 3.05) is 46.5 Å². The molecule has 1 atom stereocenters. The predicted molar refractivity (Wildman–Crippen MR) is 103 cm³/mol. The Kier molecular flexibility index (Phi) is 6.27. The molecule has 148 valence electrons. The standard InChI is InChI=1S/C20H27ClN2O4/c1-15(24)23-11-16(12-26-2)20(14-23)7-9-22(10-8-20)19(25)13-27-18-5-3-17(21)4-6-18/h3-6,16H,7-14H2,1-2H3. The van der Waals surface area contributed by atoms with Crippen LogP contribution in [0.5, 0.6) is 5.75 Å². The lowest BCUT2D eigenvalue weighted by atomic mass is 9.71. The van der Waals surface area contributed by atoms with Gasteiger partial charge in [0.15, 0.2) is 6.61 Å². The van der Waals surface area contributed by atoms with Gasteiger partial charge in [0, 0.05) is 51.2 Å². The smallest absolute Gasteiger partial charge is 0.260 e. The normalized spacial score (nSPS) is 21.5. The summed E-state index contributed by atoms with van der Waals surface area (Å²) in [6.07, 6.45) is 1.77. The summed E-state index contributed by atoms with van der Waals surface area (Å²) in [5.74, 6) is 1.07. The summed E-state index contributed by atoms with van der Waals surface area (Å²) < 4.78 is 11.0. The molecule has 0 saturated carbocycles. The number of amides is 2. The zero-order valence-corrected chi connectivity index (χ0v) is 16.7. The number of hydrogen-bond donors (Lipinski definition) is 0. The van der Waals surface area contributed by atoms with E-state index < -0.39 is 0 Å². The molecule has 0 radical (unpaired) electrons. The molecule has 2 heterocycles. The highest BCUT2D eigenvalue weighted by atomic mass is 35.5. The Morgan fingerprint density at radius 2 is 1.85 bits per heavy atom. The monoisotopic (exact) mass is 394 g/mol. The van der Waals surface area contributed by atoms with E-state index >= 15 is 0 Å². The summed E-state index contributed by atoms with van der Waals surface area (Å²) in [7, 11) is 1.71. The highest BCUT2D eigenvalue weighted by Crippen LogP contribution is 2.44. The van der Waals surface area contributed by atoms with Crippen LogP contribution in [-0.2, 0) is 14.3 Å². The van der Waals surface area contributed by atoms with Crippen LogP contribution in [0.2, 0.25) is 5.02 Å². The molecular formula is C20H27ClN2O4. The van der Waals surface area contributed by atoms with Gasteiger partial charge in [0.1, 0.15) is 5.75 Å². The number of carbonyl (C=O) groups excluding carboxylic acids is 2. The van der Waals surface area contributed by atoms with Gasteiger partial charge in [-0.25, -0.2) is 0 Å². The summed E-state index contributed by atoms with van der Waals surface area (Å²) >= 11 is 5.86. The molecule has 1 spiro atoms. The highest BCUT2D eigenvalue weighted by molar-refractivity contribution is 6.30. The SMILES string of the molecule is COCC1CN(C(C)=O)CC12CCN(C(=O)COc1ccc(Cl)cc1)CC2. The van der Waals surface area contributed by atoms with Crippen molar-refractivity contribution in [1.82, 2.24) is 9.80 Å². The molecular weight excluding hydrogens is 368 g/mol. The molecule has 27 heavy (non-hydrogen) atoms. The first-order valence-electron chi connectivity index (χ1n) is 9.34. The van der Waals surface area contributed by atoms with E-state index in [9.17, 15) is 9.59 Å². The maximum Gasteiger partial charge on any atom is 0.260 e. The molecule has 6 nitrogen and oxygen atoms in total.